The Bertz CT molecular complexity index is 224. The van der Waals surface area contributed by atoms with Crippen LogP contribution in [0.2, 0.25) is 0 Å². The number of carboxylic acid groups (broad SMARTS) is 2. The lowest BCUT2D eigenvalue weighted by Gasteiger charge is -2.17. The van der Waals surface area contributed by atoms with Gasteiger partial charge in [0.1, 0.15) is 0 Å². The summed E-state index contributed by atoms with van der Waals surface area (Å²) in [5.74, 6) is -2.20. The molecule has 0 aliphatic carbocycles. The molecule has 1 saturated heterocycles. The Balaban J connectivity index is 2.67. The fourth-order valence-corrected chi connectivity index (χ4v) is 1.17. The zero-order valence-corrected chi connectivity index (χ0v) is 6.61. The topological polar surface area (TPSA) is 83.8 Å². The Kier molecular flexibility index (Phi) is 2.06. The van der Waals surface area contributed by atoms with Gasteiger partial charge < -0.3 is 14.9 Å². The first kappa shape index (κ1) is 8.99. The molecular weight excluding hydrogens is 164 g/mol. The van der Waals surface area contributed by atoms with Crippen molar-refractivity contribution in [1.29, 1.82) is 0 Å². The molecule has 0 aromatic carbocycles. The third kappa shape index (κ3) is 1.40. The second-order valence-electron chi connectivity index (χ2n) is 3.02. The fraction of sp³-hybridized carbons (Fsp3) is 0.714. The SMILES string of the molecule is C[C@@]1(C(=O)O)CC[C@H](C(=O)O)O1. The third-order valence-corrected chi connectivity index (χ3v) is 2.01. The van der Waals surface area contributed by atoms with Crippen molar-refractivity contribution in [2.75, 3.05) is 0 Å². The first-order chi connectivity index (χ1) is 5.46. The van der Waals surface area contributed by atoms with Crippen LogP contribution in [0.5, 0.6) is 0 Å². The summed E-state index contributed by atoms with van der Waals surface area (Å²) in [6.07, 6.45) is -0.455. The molecule has 12 heavy (non-hydrogen) atoms. The Morgan fingerprint density at radius 1 is 1.50 bits per heavy atom. The molecule has 0 radical (unpaired) electrons. The number of hydrogen-bond acceptors (Lipinski definition) is 3. The van der Waals surface area contributed by atoms with Gasteiger partial charge in [-0.2, -0.15) is 0 Å². The molecule has 0 bridgehead atoms. The van der Waals surface area contributed by atoms with Crippen LogP contribution in [0.4, 0.5) is 0 Å². The summed E-state index contributed by atoms with van der Waals surface area (Å²) < 4.78 is 4.87. The first-order valence-electron chi connectivity index (χ1n) is 3.60. The highest BCUT2D eigenvalue weighted by atomic mass is 16.6. The molecule has 0 aromatic heterocycles. The van der Waals surface area contributed by atoms with Gasteiger partial charge in [0.2, 0.25) is 0 Å². The van der Waals surface area contributed by atoms with E-state index in [0.717, 1.165) is 0 Å². The maximum Gasteiger partial charge on any atom is 0.335 e. The lowest BCUT2D eigenvalue weighted by Crippen LogP contribution is -2.36. The molecule has 1 aliphatic heterocycles. The van der Waals surface area contributed by atoms with E-state index in [1.807, 2.05) is 0 Å². The lowest BCUT2D eigenvalue weighted by atomic mass is 10.0. The molecule has 2 atom stereocenters. The van der Waals surface area contributed by atoms with Crippen LogP contribution in [-0.4, -0.2) is 33.9 Å². The summed E-state index contributed by atoms with van der Waals surface area (Å²) in [5.41, 5.74) is -1.32. The van der Waals surface area contributed by atoms with Crippen molar-refractivity contribution in [2.45, 2.75) is 31.5 Å². The average molecular weight is 174 g/mol. The zero-order valence-electron chi connectivity index (χ0n) is 6.61. The number of hydrogen-bond donors (Lipinski definition) is 2. The molecule has 0 spiro atoms. The van der Waals surface area contributed by atoms with Crippen molar-refractivity contribution in [3.8, 4) is 0 Å². The first-order valence-corrected chi connectivity index (χ1v) is 3.60. The quantitative estimate of drug-likeness (QED) is 0.620. The van der Waals surface area contributed by atoms with Gasteiger partial charge in [-0.1, -0.05) is 0 Å². The van der Waals surface area contributed by atoms with Gasteiger partial charge in [-0.15, -0.1) is 0 Å². The van der Waals surface area contributed by atoms with Gasteiger partial charge in [0.05, 0.1) is 0 Å². The van der Waals surface area contributed by atoms with Gasteiger partial charge in [0.15, 0.2) is 11.7 Å². The van der Waals surface area contributed by atoms with E-state index in [0.29, 0.717) is 0 Å². The monoisotopic (exact) mass is 174 g/mol. The highest BCUT2D eigenvalue weighted by Crippen LogP contribution is 2.30. The number of carboxylic acids is 2. The van der Waals surface area contributed by atoms with Crippen LogP contribution in [-0.2, 0) is 14.3 Å². The van der Waals surface area contributed by atoms with Crippen molar-refractivity contribution < 1.29 is 24.5 Å². The summed E-state index contributed by atoms with van der Waals surface area (Å²) >= 11 is 0. The van der Waals surface area contributed by atoms with Crippen LogP contribution < -0.4 is 0 Å². The van der Waals surface area contributed by atoms with E-state index in [9.17, 15) is 9.59 Å². The molecule has 0 unspecified atom stereocenters. The van der Waals surface area contributed by atoms with Gasteiger partial charge in [-0.25, -0.2) is 9.59 Å². The predicted octanol–water partition coefficient (Wildman–Crippen LogP) is 0.0933. The van der Waals surface area contributed by atoms with E-state index in [-0.39, 0.29) is 12.8 Å². The molecule has 1 rings (SSSR count). The van der Waals surface area contributed by atoms with E-state index in [1.54, 1.807) is 0 Å². The smallest absolute Gasteiger partial charge is 0.335 e. The summed E-state index contributed by atoms with van der Waals surface area (Å²) in [6, 6.07) is 0. The van der Waals surface area contributed by atoms with Gasteiger partial charge in [0.25, 0.3) is 0 Å². The molecule has 68 valence electrons. The predicted molar refractivity (Wildman–Crippen MR) is 37.8 cm³/mol. The normalized spacial score (nSPS) is 34.9. The lowest BCUT2D eigenvalue weighted by molar-refractivity contribution is -0.168. The number of ether oxygens (including phenoxy) is 1. The average Bonchev–Trinajstić information content (AvgIpc) is 2.33. The molecule has 2 N–H and O–H groups in total. The Hall–Kier alpha value is -1.10. The summed E-state index contributed by atoms with van der Waals surface area (Å²) in [4.78, 5) is 21.0. The maximum atomic E-state index is 10.6. The van der Waals surface area contributed by atoms with Gasteiger partial charge in [-0.05, 0) is 19.8 Å². The Morgan fingerprint density at radius 3 is 2.33 bits per heavy atom. The summed E-state index contributed by atoms with van der Waals surface area (Å²) in [5, 5.41) is 17.2. The van der Waals surface area contributed by atoms with Crippen LogP contribution >= 0.6 is 0 Å². The molecule has 1 heterocycles. The van der Waals surface area contributed by atoms with Gasteiger partial charge in [0, 0.05) is 0 Å². The maximum absolute atomic E-state index is 10.6. The van der Waals surface area contributed by atoms with Crippen LogP contribution in [0.1, 0.15) is 19.8 Å². The van der Waals surface area contributed by atoms with Crippen LogP contribution in [0, 0.1) is 0 Å². The Morgan fingerprint density at radius 2 is 2.08 bits per heavy atom. The molecule has 0 amide bonds. The fourth-order valence-electron chi connectivity index (χ4n) is 1.17. The van der Waals surface area contributed by atoms with Crippen molar-refractivity contribution in [3.05, 3.63) is 0 Å². The zero-order chi connectivity index (χ0) is 9.35. The van der Waals surface area contributed by atoms with E-state index in [2.05, 4.69) is 0 Å². The number of rotatable bonds is 2. The van der Waals surface area contributed by atoms with E-state index >= 15 is 0 Å². The summed E-state index contributed by atoms with van der Waals surface area (Å²) in [6.45, 7) is 1.39. The molecule has 0 saturated carbocycles. The van der Waals surface area contributed by atoms with E-state index in [1.165, 1.54) is 6.92 Å². The van der Waals surface area contributed by atoms with Gasteiger partial charge in [-0.3, -0.25) is 0 Å². The summed E-state index contributed by atoms with van der Waals surface area (Å²) in [7, 11) is 0. The van der Waals surface area contributed by atoms with Crippen molar-refractivity contribution in [2.24, 2.45) is 0 Å². The standard InChI is InChI=1S/C7H10O5/c1-7(6(10)11)3-2-4(12-7)5(8)9/h4H,2-3H2,1H3,(H,8,9)(H,10,11)/t4-,7+/m1/s1. The minimum atomic E-state index is -1.32. The molecule has 5 nitrogen and oxygen atoms in total. The molecule has 1 fully saturated rings. The highest BCUT2D eigenvalue weighted by molar-refractivity contribution is 5.80. The van der Waals surface area contributed by atoms with Crippen molar-refractivity contribution in [3.63, 3.8) is 0 Å². The second-order valence-corrected chi connectivity index (χ2v) is 3.02. The van der Waals surface area contributed by atoms with Gasteiger partial charge >= 0.3 is 11.9 Å². The molecule has 0 aromatic rings. The third-order valence-electron chi connectivity index (χ3n) is 2.01. The van der Waals surface area contributed by atoms with Crippen molar-refractivity contribution in [1.82, 2.24) is 0 Å². The minimum Gasteiger partial charge on any atom is -0.479 e. The Labute approximate surface area is 68.9 Å². The van der Waals surface area contributed by atoms with Crippen LogP contribution in [0.25, 0.3) is 0 Å². The molecular formula is C7H10O5. The second kappa shape index (κ2) is 2.75. The van der Waals surface area contributed by atoms with E-state index in [4.69, 9.17) is 14.9 Å². The molecule has 1 aliphatic rings. The van der Waals surface area contributed by atoms with Crippen LogP contribution in [0.3, 0.4) is 0 Å². The highest BCUT2D eigenvalue weighted by Gasteiger charge is 2.45. The number of aliphatic carboxylic acids is 2. The minimum absolute atomic E-state index is 0.249. The van der Waals surface area contributed by atoms with Crippen molar-refractivity contribution >= 4 is 11.9 Å². The number of carbonyl (C=O) groups is 2. The van der Waals surface area contributed by atoms with Crippen LogP contribution in [0.15, 0.2) is 0 Å². The molecule has 5 heteroatoms. The largest absolute Gasteiger partial charge is 0.479 e. The van der Waals surface area contributed by atoms with E-state index < -0.39 is 23.6 Å².